The molecule has 4 aromatic carbocycles. The summed E-state index contributed by atoms with van der Waals surface area (Å²) in [4.78, 5) is 9.64. The first kappa shape index (κ1) is 22.3. The maximum absolute atomic E-state index is 11.0. The number of hydrogen-bond donors (Lipinski definition) is 3. The van der Waals surface area contributed by atoms with Crippen molar-refractivity contribution in [2.45, 2.75) is 6.17 Å². The van der Waals surface area contributed by atoms with E-state index in [1.54, 1.807) is 6.07 Å². The van der Waals surface area contributed by atoms with Crippen molar-refractivity contribution in [1.29, 1.82) is 0 Å². The SMILES string of the molecule is Oc1ccc2ccccc2c1C(Nc1nc(-c2ccccc2)cs1)Nc1nc(-c2ccccc2)cs1. The van der Waals surface area contributed by atoms with Crippen LogP contribution in [-0.4, -0.2) is 15.1 Å². The lowest BCUT2D eigenvalue weighted by atomic mass is 10.0. The van der Waals surface area contributed by atoms with Gasteiger partial charge in [-0.3, -0.25) is 0 Å². The fourth-order valence-corrected chi connectivity index (χ4v) is 5.68. The van der Waals surface area contributed by atoms with Crippen LogP contribution >= 0.6 is 22.7 Å². The predicted molar refractivity (Wildman–Crippen MR) is 151 cm³/mol. The van der Waals surface area contributed by atoms with Gasteiger partial charge in [0.2, 0.25) is 0 Å². The van der Waals surface area contributed by atoms with Crippen molar-refractivity contribution in [3.05, 3.63) is 113 Å². The molecule has 5 nitrogen and oxygen atoms in total. The van der Waals surface area contributed by atoms with Crippen LogP contribution in [0.2, 0.25) is 0 Å². The highest BCUT2D eigenvalue weighted by Gasteiger charge is 2.21. The number of aromatic hydroxyl groups is 1. The van der Waals surface area contributed by atoms with Crippen LogP contribution in [-0.2, 0) is 0 Å². The maximum atomic E-state index is 11.0. The van der Waals surface area contributed by atoms with Gasteiger partial charge in [0.25, 0.3) is 0 Å². The Morgan fingerprint density at radius 1 is 0.611 bits per heavy atom. The number of rotatable bonds is 7. The Morgan fingerprint density at radius 3 is 1.72 bits per heavy atom. The molecular weight excluding hydrogens is 484 g/mol. The molecule has 0 aliphatic carbocycles. The van der Waals surface area contributed by atoms with Crippen LogP contribution in [0.1, 0.15) is 11.7 Å². The molecule has 36 heavy (non-hydrogen) atoms. The van der Waals surface area contributed by atoms with Crippen molar-refractivity contribution in [2.75, 3.05) is 10.6 Å². The minimum atomic E-state index is -0.458. The van der Waals surface area contributed by atoms with Gasteiger partial charge in [0, 0.05) is 27.5 Å². The summed E-state index contributed by atoms with van der Waals surface area (Å²) < 4.78 is 0. The molecule has 0 radical (unpaired) electrons. The third-order valence-corrected chi connectivity index (χ3v) is 7.47. The van der Waals surface area contributed by atoms with Crippen molar-refractivity contribution in [1.82, 2.24) is 9.97 Å². The Hall–Kier alpha value is -4.20. The molecule has 0 spiro atoms. The molecular formula is C29H22N4OS2. The Labute approximate surface area is 216 Å². The zero-order valence-corrected chi connectivity index (χ0v) is 20.8. The minimum Gasteiger partial charge on any atom is -0.507 e. The second kappa shape index (κ2) is 9.81. The number of phenols is 1. The van der Waals surface area contributed by atoms with Crippen LogP contribution in [0.3, 0.4) is 0 Å². The lowest BCUT2D eigenvalue weighted by molar-refractivity contribution is 0.467. The van der Waals surface area contributed by atoms with Crippen molar-refractivity contribution >= 4 is 43.7 Å². The van der Waals surface area contributed by atoms with E-state index < -0.39 is 6.17 Å². The molecule has 176 valence electrons. The minimum absolute atomic E-state index is 0.207. The number of phenolic OH excluding ortho intramolecular Hbond substituents is 1. The standard InChI is InChI=1S/C29H22N4OS2/c34-25-16-15-19-9-7-8-14-22(19)26(25)27(32-28-30-23(17-35-28)20-10-3-1-4-11-20)33-29-31-24(18-36-29)21-12-5-2-6-13-21/h1-18,27,34H,(H,30,32)(H,31,33). The maximum Gasteiger partial charge on any atom is 0.185 e. The van der Waals surface area contributed by atoms with E-state index in [0.29, 0.717) is 0 Å². The van der Waals surface area contributed by atoms with Crippen molar-refractivity contribution in [3.8, 4) is 28.3 Å². The van der Waals surface area contributed by atoms with Gasteiger partial charge in [-0.15, -0.1) is 22.7 Å². The van der Waals surface area contributed by atoms with Gasteiger partial charge in [0.05, 0.1) is 11.4 Å². The van der Waals surface area contributed by atoms with E-state index in [1.165, 1.54) is 22.7 Å². The predicted octanol–water partition coefficient (Wildman–Crippen LogP) is 8.02. The van der Waals surface area contributed by atoms with E-state index in [4.69, 9.17) is 9.97 Å². The second-order valence-corrected chi connectivity index (χ2v) is 9.97. The summed E-state index contributed by atoms with van der Waals surface area (Å²) in [7, 11) is 0. The zero-order chi connectivity index (χ0) is 24.3. The van der Waals surface area contributed by atoms with E-state index in [1.807, 2.05) is 102 Å². The van der Waals surface area contributed by atoms with E-state index in [-0.39, 0.29) is 5.75 Å². The monoisotopic (exact) mass is 506 g/mol. The number of hydrogen-bond acceptors (Lipinski definition) is 7. The molecule has 0 saturated heterocycles. The van der Waals surface area contributed by atoms with Crippen LogP contribution in [0.4, 0.5) is 10.3 Å². The van der Waals surface area contributed by atoms with Crippen LogP contribution in [0.25, 0.3) is 33.3 Å². The van der Waals surface area contributed by atoms with Crippen molar-refractivity contribution in [2.24, 2.45) is 0 Å². The quantitative estimate of drug-likeness (QED) is 0.191. The second-order valence-electron chi connectivity index (χ2n) is 8.25. The van der Waals surface area contributed by atoms with Gasteiger partial charge in [-0.1, -0.05) is 91.0 Å². The van der Waals surface area contributed by atoms with E-state index in [9.17, 15) is 5.11 Å². The molecule has 6 rings (SSSR count). The highest BCUT2D eigenvalue weighted by atomic mass is 32.1. The number of benzene rings is 4. The Balaban J connectivity index is 1.38. The third kappa shape index (κ3) is 4.54. The number of nitrogens with zero attached hydrogens (tertiary/aromatic N) is 2. The fraction of sp³-hybridized carbons (Fsp3) is 0.0345. The summed E-state index contributed by atoms with van der Waals surface area (Å²) in [5.41, 5.74) is 4.69. The first-order chi connectivity index (χ1) is 17.7. The lowest BCUT2D eigenvalue weighted by Crippen LogP contribution is -2.20. The Bertz CT molecular complexity index is 1530. The van der Waals surface area contributed by atoms with Crippen LogP contribution < -0.4 is 10.6 Å². The molecule has 3 N–H and O–H groups in total. The molecule has 0 saturated carbocycles. The fourth-order valence-electron chi connectivity index (χ4n) is 4.18. The summed E-state index contributed by atoms with van der Waals surface area (Å²) in [6.45, 7) is 0. The highest BCUT2D eigenvalue weighted by molar-refractivity contribution is 7.14. The molecule has 0 aliphatic rings. The Kier molecular flexibility index (Phi) is 6.07. The van der Waals surface area contributed by atoms with Gasteiger partial charge in [0.15, 0.2) is 10.3 Å². The average Bonchev–Trinajstić information content (AvgIpc) is 3.59. The van der Waals surface area contributed by atoms with Crippen LogP contribution in [0, 0.1) is 0 Å². The molecule has 6 aromatic rings. The molecule has 0 amide bonds. The molecule has 0 bridgehead atoms. The average molecular weight is 507 g/mol. The summed E-state index contributed by atoms with van der Waals surface area (Å²) in [5.74, 6) is 0.207. The summed E-state index contributed by atoms with van der Waals surface area (Å²) in [6, 6.07) is 31.9. The van der Waals surface area contributed by atoms with Crippen molar-refractivity contribution in [3.63, 3.8) is 0 Å². The van der Waals surface area contributed by atoms with Gasteiger partial charge in [0.1, 0.15) is 11.9 Å². The molecule has 0 aliphatic heterocycles. The van der Waals surface area contributed by atoms with Crippen LogP contribution in [0.15, 0.2) is 108 Å². The third-order valence-electron chi connectivity index (χ3n) is 5.92. The lowest BCUT2D eigenvalue weighted by Gasteiger charge is -2.22. The van der Waals surface area contributed by atoms with Gasteiger partial charge in [-0.25, -0.2) is 9.97 Å². The Morgan fingerprint density at radius 2 is 1.14 bits per heavy atom. The number of anilines is 2. The number of aromatic nitrogens is 2. The normalized spacial score (nSPS) is 11.1. The van der Waals surface area contributed by atoms with Gasteiger partial charge < -0.3 is 15.7 Å². The number of thiazole rings is 2. The highest BCUT2D eigenvalue weighted by Crippen LogP contribution is 2.37. The molecule has 7 heteroatoms. The van der Waals surface area contributed by atoms with E-state index in [0.717, 1.165) is 49.1 Å². The smallest absolute Gasteiger partial charge is 0.185 e. The molecule has 0 unspecified atom stereocenters. The van der Waals surface area contributed by atoms with Gasteiger partial charge in [-0.05, 0) is 16.8 Å². The topological polar surface area (TPSA) is 70.1 Å². The zero-order valence-electron chi connectivity index (χ0n) is 19.1. The van der Waals surface area contributed by atoms with Gasteiger partial charge >= 0.3 is 0 Å². The van der Waals surface area contributed by atoms with Crippen LogP contribution in [0.5, 0.6) is 5.75 Å². The summed E-state index contributed by atoms with van der Waals surface area (Å²) in [6.07, 6.45) is -0.458. The molecule has 0 fully saturated rings. The largest absolute Gasteiger partial charge is 0.507 e. The summed E-state index contributed by atoms with van der Waals surface area (Å²) >= 11 is 3.06. The van der Waals surface area contributed by atoms with E-state index >= 15 is 0 Å². The number of nitrogens with one attached hydrogen (secondary N) is 2. The van der Waals surface area contributed by atoms with Gasteiger partial charge in [-0.2, -0.15) is 0 Å². The number of fused-ring (bicyclic) bond motifs is 1. The molecule has 2 heterocycles. The summed E-state index contributed by atoms with van der Waals surface area (Å²) in [5, 5.41) is 25.6. The first-order valence-electron chi connectivity index (χ1n) is 11.5. The molecule has 2 aromatic heterocycles. The molecule has 0 atom stereocenters. The first-order valence-corrected chi connectivity index (χ1v) is 13.3. The van der Waals surface area contributed by atoms with E-state index in [2.05, 4.69) is 10.6 Å². The van der Waals surface area contributed by atoms with Crippen molar-refractivity contribution < 1.29 is 5.11 Å².